The van der Waals surface area contributed by atoms with E-state index >= 15 is 0 Å². The van der Waals surface area contributed by atoms with Crippen LogP contribution in [0.25, 0.3) is 0 Å². The van der Waals surface area contributed by atoms with Crippen molar-refractivity contribution in [3.05, 3.63) is 0 Å². The Morgan fingerprint density at radius 3 is 2.93 bits per heavy atom. The van der Waals surface area contributed by atoms with E-state index in [0.29, 0.717) is 6.04 Å². The highest BCUT2D eigenvalue weighted by molar-refractivity contribution is 4.93. The second-order valence-electron chi connectivity index (χ2n) is 4.88. The maximum absolute atomic E-state index is 5.98. The standard InChI is InChI=1S/C11H22N2O/c1-10(2)13-6-3-4-11(9-13)8-12-5-7-14-11/h10,12H,3-9H2,1-2H3. The maximum atomic E-state index is 5.98. The van der Waals surface area contributed by atoms with Crippen LogP contribution in [0.15, 0.2) is 0 Å². The molecule has 0 radical (unpaired) electrons. The van der Waals surface area contributed by atoms with E-state index in [4.69, 9.17) is 4.74 Å². The minimum Gasteiger partial charge on any atom is -0.371 e. The summed E-state index contributed by atoms with van der Waals surface area (Å²) in [4.78, 5) is 2.54. The Morgan fingerprint density at radius 2 is 2.29 bits per heavy atom. The molecule has 2 aliphatic rings. The smallest absolute Gasteiger partial charge is 0.0933 e. The van der Waals surface area contributed by atoms with Crippen molar-refractivity contribution in [2.24, 2.45) is 0 Å². The zero-order valence-electron chi connectivity index (χ0n) is 9.38. The van der Waals surface area contributed by atoms with Gasteiger partial charge >= 0.3 is 0 Å². The maximum Gasteiger partial charge on any atom is 0.0933 e. The van der Waals surface area contributed by atoms with Crippen LogP contribution in [-0.4, -0.2) is 49.3 Å². The summed E-state index contributed by atoms with van der Waals surface area (Å²) in [5.41, 5.74) is 0.126. The zero-order valence-corrected chi connectivity index (χ0v) is 9.38. The van der Waals surface area contributed by atoms with Crippen LogP contribution in [-0.2, 0) is 4.74 Å². The van der Waals surface area contributed by atoms with Crippen LogP contribution in [0.3, 0.4) is 0 Å². The van der Waals surface area contributed by atoms with E-state index < -0.39 is 0 Å². The monoisotopic (exact) mass is 198 g/mol. The molecular weight excluding hydrogens is 176 g/mol. The number of likely N-dealkylation sites (tertiary alicyclic amines) is 1. The first-order valence-electron chi connectivity index (χ1n) is 5.81. The molecule has 0 aromatic rings. The van der Waals surface area contributed by atoms with E-state index in [9.17, 15) is 0 Å². The molecule has 0 aromatic heterocycles. The van der Waals surface area contributed by atoms with Crippen molar-refractivity contribution in [2.75, 3.05) is 32.8 Å². The molecule has 14 heavy (non-hydrogen) atoms. The van der Waals surface area contributed by atoms with Gasteiger partial charge in [-0.2, -0.15) is 0 Å². The second kappa shape index (κ2) is 4.17. The molecule has 1 N–H and O–H groups in total. The molecule has 1 unspecified atom stereocenters. The van der Waals surface area contributed by atoms with Gasteiger partial charge < -0.3 is 10.1 Å². The van der Waals surface area contributed by atoms with E-state index in [1.165, 1.54) is 19.4 Å². The molecule has 2 heterocycles. The van der Waals surface area contributed by atoms with Crippen molar-refractivity contribution in [1.29, 1.82) is 0 Å². The Bertz CT molecular complexity index is 182. The summed E-state index contributed by atoms with van der Waals surface area (Å²) in [5, 5.41) is 3.45. The molecule has 82 valence electrons. The number of hydrogen-bond acceptors (Lipinski definition) is 3. The Kier molecular flexibility index (Phi) is 3.10. The normalized spacial score (nSPS) is 35.4. The average Bonchev–Trinajstić information content (AvgIpc) is 2.19. The van der Waals surface area contributed by atoms with Crippen LogP contribution in [0.4, 0.5) is 0 Å². The fourth-order valence-corrected chi connectivity index (χ4v) is 2.54. The predicted octanol–water partition coefficient (Wildman–Crippen LogP) is 0.849. The molecule has 0 aliphatic carbocycles. The fourth-order valence-electron chi connectivity index (χ4n) is 2.54. The lowest BCUT2D eigenvalue weighted by atomic mass is 9.91. The first-order valence-corrected chi connectivity index (χ1v) is 5.81. The van der Waals surface area contributed by atoms with Crippen LogP contribution in [0.5, 0.6) is 0 Å². The molecule has 1 atom stereocenters. The Balaban J connectivity index is 1.97. The van der Waals surface area contributed by atoms with Gasteiger partial charge in [0.05, 0.1) is 12.2 Å². The summed E-state index contributed by atoms with van der Waals surface area (Å²) in [5.74, 6) is 0. The molecule has 2 saturated heterocycles. The van der Waals surface area contributed by atoms with Gasteiger partial charge in [-0.1, -0.05) is 0 Å². The molecule has 0 saturated carbocycles. The van der Waals surface area contributed by atoms with Gasteiger partial charge in [0, 0.05) is 25.7 Å². The van der Waals surface area contributed by atoms with Crippen molar-refractivity contribution in [3.8, 4) is 0 Å². The topological polar surface area (TPSA) is 24.5 Å². The lowest BCUT2D eigenvalue weighted by molar-refractivity contribution is -0.110. The van der Waals surface area contributed by atoms with Crippen molar-refractivity contribution in [1.82, 2.24) is 10.2 Å². The van der Waals surface area contributed by atoms with Gasteiger partial charge in [0.15, 0.2) is 0 Å². The van der Waals surface area contributed by atoms with Crippen LogP contribution in [0.1, 0.15) is 26.7 Å². The van der Waals surface area contributed by atoms with E-state index in [1.54, 1.807) is 0 Å². The van der Waals surface area contributed by atoms with Crippen LogP contribution in [0, 0.1) is 0 Å². The largest absolute Gasteiger partial charge is 0.371 e. The van der Waals surface area contributed by atoms with Gasteiger partial charge in [0.25, 0.3) is 0 Å². The minimum absolute atomic E-state index is 0.126. The van der Waals surface area contributed by atoms with Gasteiger partial charge in [-0.05, 0) is 33.2 Å². The molecule has 2 fully saturated rings. The van der Waals surface area contributed by atoms with Crippen molar-refractivity contribution < 1.29 is 4.74 Å². The molecule has 3 heteroatoms. The Labute approximate surface area is 86.8 Å². The molecule has 1 spiro atoms. The summed E-state index contributed by atoms with van der Waals surface area (Å²) < 4.78 is 5.98. The lowest BCUT2D eigenvalue weighted by Crippen LogP contribution is -2.59. The van der Waals surface area contributed by atoms with E-state index in [-0.39, 0.29) is 5.60 Å². The highest BCUT2D eigenvalue weighted by Gasteiger charge is 2.38. The SMILES string of the molecule is CC(C)N1CCCC2(CNCCO2)C1. The van der Waals surface area contributed by atoms with Crippen LogP contribution >= 0.6 is 0 Å². The zero-order chi connectivity index (χ0) is 10.0. The Hall–Kier alpha value is -0.120. The number of rotatable bonds is 1. The third-order valence-electron chi connectivity index (χ3n) is 3.43. The van der Waals surface area contributed by atoms with Crippen molar-refractivity contribution in [3.63, 3.8) is 0 Å². The second-order valence-corrected chi connectivity index (χ2v) is 4.88. The van der Waals surface area contributed by atoms with Crippen molar-refractivity contribution >= 4 is 0 Å². The first kappa shape index (κ1) is 10.4. The first-order chi connectivity index (χ1) is 6.72. The van der Waals surface area contributed by atoms with Gasteiger partial charge in [-0.25, -0.2) is 0 Å². The molecular formula is C11H22N2O. The lowest BCUT2D eigenvalue weighted by Gasteiger charge is -2.46. The minimum atomic E-state index is 0.126. The molecule has 0 bridgehead atoms. The number of piperidine rings is 1. The molecule has 2 rings (SSSR count). The average molecular weight is 198 g/mol. The summed E-state index contributed by atoms with van der Waals surface area (Å²) in [6, 6.07) is 0.651. The summed E-state index contributed by atoms with van der Waals surface area (Å²) >= 11 is 0. The van der Waals surface area contributed by atoms with E-state index in [2.05, 4.69) is 24.1 Å². The van der Waals surface area contributed by atoms with Gasteiger partial charge in [0.1, 0.15) is 0 Å². The fraction of sp³-hybridized carbons (Fsp3) is 1.00. The number of nitrogens with one attached hydrogen (secondary N) is 1. The van der Waals surface area contributed by atoms with Gasteiger partial charge in [-0.15, -0.1) is 0 Å². The highest BCUT2D eigenvalue weighted by atomic mass is 16.5. The summed E-state index contributed by atoms with van der Waals surface area (Å²) in [7, 11) is 0. The van der Waals surface area contributed by atoms with Crippen molar-refractivity contribution in [2.45, 2.75) is 38.3 Å². The van der Waals surface area contributed by atoms with Crippen LogP contribution < -0.4 is 5.32 Å². The van der Waals surface area contributed by atoms with Gasteiger partial charge in [0.2, 0.25) is 0 Å². The summed E-state index contributed by atoms with van der Waals surface area (Å²) in [6.07, 6.45) is 2.50. The predicted molar refractivity (Wildman–Crippen MR) is 57.5 cm³/mol. The molecule has 0 amide bonds. The third kappa shape index (κ3) is 2.10. The number of morpholine rings is 1. The molecule has 3 nitrogen and oxygen atoms in total. The quantitative estimate of drug-likeness (QED) is 0.676. The number of hydrogen-bond donors (Lipinski definition) is 1. The summed E-state index contributed by atoms with van der Waals surface area (Å²) in [6.45, 7) is 9.83. The molecule has 0 aromatic carbocycles. The highest BCUT2D eigenvalue weighted by Crippen LogP contribution is 2.27. The third-order valence-corrected chi connectivity index (χ3v) is 3.43. The number of nitrogens with zero attached hydrogens (tertiary/aromatic N) is 1. The van der Waals surface area contributed by atoms with E-state index in [0.717, 1.165) is 26.2 Å². The Morgan fingerprint density at radius 1 is 1.43 bits per heavy atom. The van der Waals surface area contributed by atoms with Gasteiger partial charge in [-0.3, -0.25) is 4.90 Å². The number of ether oxygens (including phenoxy) is 1. The van der Waals surface area contributed by atoms with Crippen LogP contribution in [0.2, 0.25) is 0 Å². The molecule has 2 aliphatic heterocycles. The van der Waals surface area contributed by atoms with E-state index in [1.807, 2.05) is 0 Å².